The second-order valence-electron chi connectivity index (χ2n) is 9.10. The number of piperazine rings is 1. The SMILES string of the molecule is Cc1cc(O[C@H](C)C(=O)O[C@@H](CN2CCN(C)CC2)CN2C(=O)c3ccccc3C2=O)ccc1Cl. The number of halogens is 1. The number of carbonyl (C=O) groups is 3. The number of rotatable bonds is 8. The predicted molar refractivity (Wildman–Crippen MR) is 132 cm³/mol. The number of amides is 2. The van der Waals surface area contributed by atoms with E-state index in [0.717, 1.165) is 31.7 Å². The van der Waals surface area contributed by atoms with Crippen LogP contribution in [0, 0.1) is 6.92 Å². The molecule has 2 aliphatic rings. The Morgan fingerprint density at radius 2 is 1.63 bits per heavy atom. The van der Waals surface area contributed by atoms with E-state index < -0.39 is 18.2 Å². The van der Waals surface area contributed by atoms with Crippen LogP contribution in [-0.4, -0.2) is 91.0 Å². The van der Waals surface area contributed by atoms with Crippen LogP contribution in [0.25, 0.3) is 0 Å². The van der Waals surface area contributed by atoms with Crippen LogP contribution in [-0.2, 0) is 9.53 Å². The van der Waals surface area contributed by atoms with E-state index in [9.17, 15) is 14.4 Å². The van der Waals surface area contributed by atoms with E-state index in [-0.39, 0.29) is 18.4 Å². The first-order valence-electron chi connectivity index (χ1n) is 11.7. The smallest absolute Gasteiger partial charge is 0.347 e. The van der Waals surface area contributed by atoms with Crippen molar-refractivity contribution < 1.29 is 23.9 Å². The van der Waals surface area contributed by atoms with Gasteiger partial charge in [0.1, 0.15) is 11.9 Å². The van der Waals surface area contributed by atoms with Gasteiger partial charge in [0.05, 0.1) is 17.7 Å². The third kappa shape index (κ3) is 5.83. The molecule has 2 aliphatic heterocycles. The van der Waals surface area contributed by atoms with Crippen molar-refractivity contribution in [2.24, 2.45) is 0 Å². The van der Waals surface area contributed by atoms with Crippen LogP contribution in [0.3, 0.4) is 0 Å². The molecule has 0 unspecified atom stereocenters. The maximum Gasteiger partial charge on any atom is 0.347 e. The lowest BCUT2D eigenvalue weighted by molar-refractivity contribution is -0.158. The van der Waals surface area contributed by atoms with Gasteiger partial charge in [-0.1, -0.05) is 23.7 Å². The summed E-state index contributed by atoms with van der Waals surface area (Å²) in [6, 6.07) is 11.9. The zero-order chi connectivity index (χ0) is 25.1. The van der Waals surface area contributed by atoms with Crippen LogP contribution in [0.1, 0.15) is 33.2 Å². The molecule has 4 rings (SSSR count). The largest absolute Gasteiger partial charge is 0.479 e. The second-order valence-corrected chi connectivity index (χ2v) is 9.51. The Morgan fingerprint density at radius 3 is 2.23 bits per heavy atom. The Labute approximate surface area is 210 Å². The van der Waals surface area contributed by atoms with Crippen molar-refractivity contribution in [3.63, 3.8) is 0 Å². The van der Waals surface area contributed by atoms with E-state index in [0.29, 0.717) is 28.4 Å². The highest BCUT2D eigenvalue weighted by atomic mass is 35.5. The molecular formula is C26H30ClN3O5. The van der Waals surface area contributed by atoms with Crippen molar-refractivity contribution in [2.45, 2.75) is 26.1 Å². The van der Waals surface area contributed by atoms with Crippen LogP contribution in [0.5, 0.6) is 5.75 Å². The Morgan fingerprint density at radius 1 is 1.00 bits per heavy atom. The number of aryl methyl sites for hydroxylation is 1. The number of nitrogens with zero attached hydrogens (tertiary/aromatic N) is 3. The number of fused-ring (bicyclic) bond motifs is 1. The molecule has 0 saturated carbocycles. The molecule has 35 heavy (non-hydrogen) atoms. The summed E-state index contributed by atoms with van der Waals surface area (Å²) in [5.41, 5.74) is 1.58. The van der Waals surface area contributed by atoms with Crippen LogP contribution in [0.4, 0.5) is 0 Å². The summed E-state index contributed by atoms with van der Waals surface area (Å²) >= 11 is 6.07. The van der Waals surface area contributed by atoms with Gasteiger partial charge in [-0.15, -0.1) is 0 Å². The molecule has 2 atom stereocenters. The van der Waals surface area contributed by atoms with Crippen molar-refractivity contribution >= 4 is 29.4 Å². The van der Waals surface area contributed by atoms with Gasteiger partial charge in [-0.05, 0) is 56.8 Å². The Bertz CT molecular complexity index is 1080. The Kier molecular flexibility index (Phi) is 7.74. The molecule has 9 heteroatoms. The van der Waals surface area contributed by atoms with Crippen LogP contribution >= 0.6 is 11.6 Å². The number of ether oxygens (including phenoxy) is 2. The molecule has 0 spiro atoms. The molecule has 2 aromatic carbocycles. The molecule has 1 fully saturated rings. The van der Waals surface area contributed by atoms with Gasteiger partial charge in [-0.3, -0.25) is 19.4 Å². The molecule has 1 saturated heterocycles. The van der Waals surface area contributed by atoms with Gasteiger partial charge in [-0.25, -0.2) is 4.79 Å². The number of likely N-dealkylation sites (N-methyl/N-ethyl adjacent to an activating group) is 1. The van der Waals surface area contributed by atoms with Crippen molar-refractivity contribution in [2.75, 3.05) is 46.3 Å². The zero-order valence-corrected chi connectivity index (χ0v) is 21.0. The number of benzene rings is 2. The maximum atomic E-state index is 13.0. The summed E-state index contributed by atoms with van der Waals surface area (Å²) in [5.74, 6) is -0.794. The Balaban J connectivity index is 1.46. The van der Waals surface area contributed by atoms with Gasteiger partial charge in [0.25, 0.3) is 11.8 Å². The molecule has 0 aliphatic carbocycles. The minimum absolute atomic E-state index is 0.0167. The molecule has 0 aromatic heterocycles. The third-order valence-corrected chi connectivity index (χ3v) is 6.80. The van der Waals surface area contributed by atoms with Crippen molar-refractivity contribution in [1.82, 2.24) is 14.7 Å². The molecule has 2 heterocycles. The first-order chi connectivity index (χ1) is 16.7. The number of hydrogen-bond donors (Lipinski definition) is 0. The van der Waals surface area contributed by atoms with Crippen molar-refractivity contribution in [3.05, 3.63) is 64.2 Å². The summed E-state index contributed by atoms with van der Waals surface area (Å²) in [5, 5.41) is 0.612. The van der Waals surface area contributed by atoms with Gasteiger partial charge in [-0.2, -0.15) is 0 Å². The fraction of sp³-hybridized carbons (Fsp3) is 0.423. The number of carbonyl (C=O) groups excluding carboxylic acids is 3. The van der Waals surface area contributed by atoms with E-state index in [1.807, 2.05) is 6.92 Å². The average Bonchev–Trinajstić information content (AvgIpc) is 3.07. The first kappa shape index (κ1) is 25.2. The summed E-state index contributed by atoms with van der Waals surface area (Å²) in [6.07, 6.45) is -1.57. The summed E-state index contributed by atoms with van der Waals surface area (Å²) in [4.78, 5) is 44.4. The van der Waals surface area contributed by atoms with Crippen LogP contribution < -0.4 is 4.74 Å². The number of imide groups is 1. The van der Waals surface area contributed by atoms with E-state index >= 15 is 0 Å². The molecule has 2 amide bonds. The van der Waals surface area contributed by atoms with Gasteiger partial charge < -0.3 is 14.4 Å². The fourth-order valence-electron chi connectivity index (χ4n) is 4.26. The quantitative estimate of drug-likeness (QED) is 0.408. The summed E-state index contributed by atoms with van der Waals surface area (Å²) in [6.45, 7) is 7.27. The van der Waals surface area contributed by atoms with E-state index in [2.05, 4.69) is 16.8 Å². The number of hydrogen-bond acceptors (Lipinski definition) is 7. The molecule has 8 nitrogen and oxygen atoms in total. The van der Waals surface area contributed by atoms with E-state index in [1.54, 1.807) is 49.4 Å². The highest BCUT2D eigenvalue weighted by Crippen LogP contribution is 2.24. The van der Waals surface area contributed by atoms with Gasteiger partial charge in [0, 0.05) is 37.7 Å². The van der Waals surface area contributed by atoms with Gasteiger partial charge in [0.2, 0.25) is 0 Å². The van der Waals surface area contributed by atoms with E-state index in [4.69, 9.17) is 21.1 Å². The lowest BCUT2D eigenvalue weighted by Crippen LogP contribution is -2.51. The first-order valence-corrected chi connectivity index (χ1v) is 12.1. The maximum absolute atomic E-state index is 13.0. The fourth-order valence-corrected chi connectivity index (χ4v) is 4.38. The third-order valence-electron chi connectivity index (χ3n) is 6.38. The summed E-state index contributed by atoms with van der Waals surface area (Å²) < 4.78 is 11.6. The predicted octanol–water partition coefficient (Wildman–Crippen LogP) is 2.87. The van der Waals surface area contributed by atoms with Gasteiger partial charge in [0.15, 0.2) is 6.10 Å². The summed E-state index contributed by atoms with van der Waals surface area (Å²) in [7, 11) is 2.06. The highest BCUT2D eigenvalue weighted by molar-refractivity contribution is 6.31. The van der Waals surface area contributed by atoms with Gasteiger partial charge >= 0.3 is 5.97 Å². The van der Waals surface area contributed by atoms with Crippen molar-refractivity contribution in [3.8, 4) is 5.75 Å². The topological polar surface area (TPSA) is 79.4 Å². The zero-order valence-electron chi connectivity index (χ0n) is 20.2. The van der Waals surface area contributed by atoms with Crippen LogP contribution in [0.15, 0.2) is 42.5 Å². The lowest BCUT2D eigenvalue weighted by atomic mass is 10.1. The lowest BCUT2D eigenvalue weighted by Gasteiger charge is -2.35. The normalized spacial score (nSPS) is 18.3. The van der Waals surface area contributed by atoms with Crippen molar-refractivity contribution in [1.29, 1.82) is 0 Å². The molecular weight excluding hydrogens is 470 g/mol. The minimum Gasteiger partial charge on any atom is -0.479 e. The van der Waals surface area contributed by atoms with E-state index in [1.165, 1.54) is 4.90 Å². The van der Waals surface area contributed by atoms with Crippen LogP contribution in [0.2, 0.25) is 5.02 Å². The second kappa shape index (κ2) is 10.8. The highest BCUT2D eigenvalue weighted by Gasteiger charge is 2.38. The molecule has 0 bridgehead atoms. The molecule has 2 aromatic rings. The molecule has 0 N–H and O–H groups in total. The molecule has 0 radical (unpaired) electrons. The minimum atomic E-state index is -0.882. The monoisotopic (exact) mass is 499 g/mol. The molecule has 186 valence electrons. The average molecular weight is 500 g/mol. The standard InChI is InChI=1S/C26H30ClN3O5/c1-17-14-19(8-9-23(17)27)34-18(2)26(33)35-20(15-29-12-10-28(3)11-13-29)16-30-24(31)21-6-4-5-7-22(21)25(30)32/h4-9,14,18,20H,10-13,15-16H2,1-3H3/t18-,20+/m1/s1. The Hall–Kier alpha value is -2.94. The number of esters is 1.